The first kappa shape index (κ1) is 14.9. The van der Waals surface area contributed by atoms with Crippen LogP contribution in [0.3, 0.4) is 0 Å². The van der Waals surface area contributed by atoms with Crippen LogP contribution in [0, 0.1) is 11.8 Å². The minimum absolute atomic E-state index is 0.561. The minimum Gasteiger partial charge on any atom is -0.310 e. The van der Waals surface area contributed by atoms with E-state index >= 15 is 0 Å². The molecule has 1 aromatic rings. The Morgan fingerprint density at radius 2 is 1.95 bits per heavy atom. The number of rotatable bonds is 4. The van der Waals surface area contributed by atoms with Crippen LogP contribution in [-0.2, 0) is 6.42 Å². The predicted molar refractivity (Wildman–Crippen MR) is 88.7 cm³/mol. The first-order valence-corrected chi connectivity index (χ1v) is 9.47. The lowest BCUT2D eigenvalue weighted by Gasteiger charge is -2.30. The van der Waals surface area contributed by atoms with Crippen molar-refractivity contribution in [2.75, 3.05) is 6.54 Å². The lowest BCUT2D eigenvalue weighted by atomic mass is 9.80. The summed E-state index contributed by atoms with van der Waals surface area (Å²) in [6.07, 6.45) is 10.9. The van der Waals surface area contributed by atoms with Crippen LogP contribution in [-0.4, -0.2) is 6.54 Å². The molecule has 1 N–H and O–H groups in total. The minimum atomic E-state index is 0.561. The van der Waals surface area contributed by atoms with E-state index in [1.54, 1.807) is 11.3 Å². The normalized spacial score (nSPS) is 30.2. The Morgan fingerprint density at radius 1 is 1.20 bits per heavy atom. The highest BCUT2D eigenvalue weighted by molar-refractivity contribution is 7.16. The van der Waals surface area contributed by atoms with Gasteiger partial charge in [-0.05, 0) is 62.1 Å². The van der Waals surface area contributed by atoms with Crippen LogP contribution in [0.25, 0.3) is 0 Å². The molecule has 112 valence electrons. The zero-order chi connectivity index (χ0) is 13.9. The molecule has 20 heavy (non-hydrogen) atoms. The van der Waals surface area contributed by atoms with E-state index in [4.69, 9.17) is 11.6 Å². The van der Waals surface area contributed by atoms with Crippen molar-refractivity contribution >= 4 is 22.9 Å². The third-order valence-corrected chi connectivity index (χ3v) is 6.62. The van der Waals surface area contributed by atoms with Gasteiger partial charge in [-0.25, -0.2) is 0 Å². The summed E-state index contributed by atoms with van der Waals surface area (Å²) in [7, 11) is 0. The van der Waals surface area contributed by atoms with Gasteiger partial charge >= 0.3 is 0 Å². The first-order valence-electron chi connectivity index (χ1n) is 8.27. The van der Waals surface area contributed by atoms with Gasteiger partial charge in [0, 0.05) is 10.9 Å². The number of thiophene rings is 1. The third-order valence-electron chi connectivity index (χ3n) is 5.28. The van der Waals surface area contributed by atoms with Gasteiger partial charge in [0.2, 0.25) is 0 Å². The van der Waals surface area contributed by atoms with Crippen molar-refractivity contribution in [3.63, 3.8) is 0 Å². The molecule has 1 aromatic heterocycles. The molecule has 0 amide bonds. The molecule has 0 saturated heterocycles. The van der Waals surface area contributed by atoms with Crippen LogP contribution in [0.1, 0.15) is 68.4 Å². The van der Waals surface area contributed by atoms with E-state index in [1.807, 2.05) is 0 Å². The number of nitrogens with one attached hydrogen (secondary N) is 1. The van der Waals surface area contributed by atoms with Crippen molar-refractivity contribution in [1.29, 1.82) is 0 Å². The molecule has 1 atom stereocenters. The zero-order valence-corrected chi connectivity index (χ0v) is 14.0. The van der Waals surface area contributed by atoms with Crippen LogP contribution in [0.2, 0.25) is 4.34 Å². The van der Waals surface area contributed by atoms with Crippen molar-refractivity contribution in [2.24, 2.45) is 11.8 Å². The molecule has 1 saturated carbocycles. The van der Waals surface area contributed by atoms with Crippen LogP contribution in [0.5, 0.6) is 0 Å². The van der Waals surface area contributed by atoms with Gasteiger partial charge in [0.25, 0.3) is 0 Å². The molecule has 1 nitrogen and oxygen atoms in total. The molecule has 0 bridgehead atoms. The van der Waals surface area contributed by atoms with E-state index in [9.17, 15) is 0 Å². The van der Waals surface area contributed by atoms with Crippen LogP contribution >= 0.6 is 22.9 Å². The van der Waals surface area contributed by atoms with Gasteiger partial charge in [-0.1, -0.05) is 37.8 Å². The van der Waals surface area contributed by atoms with E-state index < -0.39 is 0 Å². The molecular weight excluding hydrogens is 286 g/mol. The van der Waals surface area contributed by atoms with Gasteiger partial charge in [-0.3, -0.25) is 0 Å². The van der Waals surface area contributed by atoms with Gasteiger partial charge in [-0.2, -0.15) is 0 Å². The van der Waals surface area contributed by atoms with E-state index in [0.717, 1.165) is 16.2 Å². The molecular formula is C17H26ClNS. The van der Waals surface area contributed by atoms with E-state index in [2.05, 4.69) is 18.3 Å². The smallest absolute Gasteiger partial charge is 0.0934 e. The summed E-state index contributed by atoms with van der Waals surface area (Å²) < 4.78 is 0.965. The van der Waals surface area contributed by atoms with Gasteiger partial charge < -0.3 is 5.32 Å². The summed E-state index contributed by atoms with van der Waals surface area (Å²) in [4.78, 5) is 1.52. The van der Waals surface area contributed by atoms with Crippen molar-refractivity contribution in [1.82, 2.24) is 5.32 Å². The number of hydrogen-bond acceptors (Lipinski definition) is 2. The number of halogens is 1. The molecule has 0 radical (unpaired) electrons. The van der Waals surface area contributed by atoms with E-state index in [1.165, 1.54) is 68.4 Å². The van der Waals surface area contributed by atoms with Crippen molar-refractivity contribution < 1.29 is 0 Å². The lowest BCUT2D eigenvalue weighted by molar-refractivity contribution is 0.254. The highest BCUT2D eigenvalue weighted by Gasteiger charge is 2.25. The third kappa shape index (κ3) is 3.40. The van der Waals surface area contributed by atoms with Gasteiger partial charge in [-0.15, -0.1) is 11.3 Å². The summed E-state index contributed by atoms with van der Waals surface area (Å²) in [6, 6.07) is 2.76. The molecule has 3 heteroatoms. The molecule has 2 aliphatic carbocycles. The Bertz CT molecular complexity index is 434. The second-order valence-corrected chi connectivity index (χ2v) is 8.35. The van der Waals surface area contributed by atoms with Crippen molar-refractivity contribution in [3.8, 4) is 0 Å². The maximum atomic E-state index is 6.19. The molecule has 0 spiro atoms. The average molecular weight is 312 g/mol. The molecule has 0 aliphatic heterocycles. The number of fused-ring (bicyclic) bond motifs is 1. The fourth-order valence-electron chi connectivity index (χ4n) is 3.89. The Labute approximate surface area is 132 Å². The second kappa shape index (κ2) is 6.81. The van der Waals surface area contributed by atoms with Crippen LogP contribution in [0.4, 0.5) is 0 Å². The standard InChI is InChI=1S/C17H26ClNS/c1-2-12-6-8-13(9-7-12)11-19-15-4-3-5-16-14(15)10-17(18)20-16/h10,12-13,15,19H,2-9,11H2,1H3. The first-order chi connectivity index (χ1) is 9.76. The number of aryl methyl sites for hydroxylation is 1. The highest BCUT2D eigenvalue weighted by Crippen LogP contribution is 2.38. The van der Waals surface area contributed by atoms with Crippen LogP contribution in [0.15, 0.2) is 6.07 Å². The van der Waals surface area contributed by atoms with E-state index in [-0.39, 0.29) is 0 Å². The average Bonchev–Trinajstić information content (AvgIpc) is 2.86. The summed E-state index contributed by atoms with van der Waals surface area (Å²) in [6.45, 7) is 3.54. The highest BCUT2D eigenvalue weighted by atomic mass is 35.5. The van der Waals surface area contributed by atoms with Gasteiger partial charge in [0.15, 0.2) is 0 Å². The molecule has 1 unspecified atom stereocenters. The van der Waals surface area contributed by atoms with Gasteiger partial charge in [0.05, 0.1) is 4.34 Å². The van der Waals surface area contributed by atoms with Crippen LogP contribution < -0.4 is 5.32 Å². The molecule has 0 aromatic carbocycles. The van der Waals surface area contributed by atoms with Crippen molar-refractivity contribution in [3.05, 3.63) is 20.8 Å². The Morgan fingerprint density at radius 3 is 2.70 bits per heavy atom. The molecule has 2 aliphatic rings. The Balaban J connectivity index is 1.52. The Hall–Kier alpha value is -0.0500. The van der Waals surface area contributed by atoms with Crippen molar-refractivity contribution in [2.45, 2.75) is 64.3 Å². The monoisotopic (exact) mass is 311 g/mol. The molecule has 3 rings (SSSR count). The maximum absolute atomic E-state index is 6.19. The summed E-state index contributed by atoms with van der Waals surface area (Å²) in [5.41, 5.74) is 1.49. The summed E-state index contributed by atoms with van der Waals surface area (Å²) >= 11 is 7.97. The fraction of sp³-hybridized carbons (Fsp3) is 0.765. The van der Waals surface area contributed by atoms with Gasteiger partial charge in [0.1, 0.15) is 0 Å². The number of hydrogen-bond donors (Lipinski definition) is 1. The quantitative estimate of drug-likeness (QED) is 0.765. The zero-order valence-electron chi connectivity index (χ0n) is 12.5. The molecule has 1 fully saturated rings. The Kier molecular flexibility index (Phi) is 5.06. The fourth-order valence-corrected chi connectivity index (χ4v) is 5.27. The SMILES string of the molecule is CCC1CCC(CNC2CCCc3sc(Cl)cc32)CC1. The largest absolute Gasteiger partial charge is 0.310 e. The lowest BCUT2D eigenvalue weighted by Crippen LogP contribution is -2.31. The van der Waals surface area contributed by atoms with E-state index in [0.29, 0.717) is 6.04 Å². The topological polar surface area (TPSA) is 12.0 Å². The second-order valence-electron chi connectivity index (χ2n) is 6.58. The summed E-state index contributed by atoms with van der Waals surface area (Å²) in [5, 5.41) is 3.84. The summed E-state index contributed by atoms with van der Waals surface area (Å²) in [5.74, 6) is 1.90. The maximum Gasteiger partial charge on any atom is 0.0934 e. The molecule has 1 heterocycles. The predicted octanol–water partition coefficient (Wildman–Crippen LogP) is 5.58.